The van der Waals surface area contributed by atoms with Crippen molar-refractivity contribution in [3.05, 3.63) is 29.3 Å². The van der Waals surface area contributed by atoms with E-state index in [-0.39, 0.29) is 5.97 Å². The van der Waals surface area contributed by atoms with Crippen molar-refractivity contribution in [3.8, 4) is 0 Å². The van der Waals surface area contributed by atoms with E-state index in [1.807, 2.05) is 17.1 Å². The zero-order valence-corrected chi connectivity index (χ0v) is 9.90. The molecule has 5 heteroatoms. The summed E-state index contributed by atoms with van der Waals surface area (Å²) in [6.45, 7) is 4.35. The van der Waals surface area contributed by atoms with Crippen molar-refractivity contribution in [3.63, 3.8) is 0 Å². The van der Waals surface area contributed by atoms with Gasteiger partial charge in [-0.2, -0.15) is 0 Å². The number of nitrogens with two attached hydrogens (primary N) is 1. The van der Waals surface area contributed by atoms with Crippen LogP contribution in [0.4, 0.5) is 5.69 Å². The summed E-state index contributed by atoms with van der Waals surface area (Å²) in [6.07, 6.45) is 0. The Morgan fingerprint density at radius 2 is 2.41 bits per heavy atom. The van der Waals surface area contributed by atoms with Crippen molar-refractivity contribution in [2.75, 3.05) is 25.1 Å². The normalized spacial score (nSPS) is 14.2. The van der Waals surface area contributed by atoms with Crippen LogP contribution >= 0.6 is 0 Å². The van der Waals surface area contributed by atoms with Gasteiger partial charge in [0.2, 0.25) is 0 Å². The van der Waals surface area contributed by atoms with Crippen molar-refractivity contribution in [1.82, 2.24) is 5.01 Å². The highest BCUT2D eigenvalue weighted by atomic mass is 16.5. The number of ether oxygens (including phenoxy) is 1. The summed E-state index contributed by atoms with van der Waals surface area (Å²) in [5.41, 5.74) is 11.5. The Bertz CT molecular complexity index is 420. The first kappa shape index (κ1) is 11.9. The number of esters is 1. The number of hydrazine groups is 1. The lowest BCUT2D eigenvalue weighted by Crippen LogP contribution is -2.29. The van der Waals surface area contributed by atoms with Crippen LogP contribution in [0.2, 0.25) is 0 Å². The second-order valence-corrected chi connectivity index (χ2v) is 3.91. The second-order valence-electron chi connectivity index (χ2n) is 3.91. The molecule has 0 bridgehead atoms. The van der Waals surface area contributed by atoms with E-state index in [0.29, 0.717) is 18.7 Å². The number of hydrogen-bond donors (Lipinski definition) is 2. The van der Waals surface area contributed by atoms with Gasteiger partial charge in [0.1, 0.15) is 0 Å². The van der Waals surface area contributed by atoms with E-state index in [1.54, 1.807) is 13.0 Å². The van der Waals surface area contributed by atoms with Crippen LogP contribution in [0, 0.1) is 0 Å². The first-order chi connectivity index (χ1) is 8.24. The van der Waals surface area contributed by atoms with E-state index in [9.17, 15) is 4.79 Å². The van der Waals surface area contributed by atoms with Gasteiger partial charge in [-0.15, -0.1) is 0 Å². The van der Waals surface area contributed by atoms with Gasteiger partial charge >= 0.3 is 5.97 Å². The van der Waals surface area contributed by atoms with E-state index < -0.39 is 0 Å². The molecule has 0 radical (unpaired) electrons. The van der Waals surface area contributed by atoms with Crippen molar-refractivity contribution in [2.45, 2.75) is 13.5 Å². The molecule has 3 N–H and O–H groups in total. The minimum absolute atomic E-state index is 0.271. The number of carbonyl (C=O) groups is 1. The fourth-order valence-electron chi connectivity index (χ4n) is 1.88. The van der Waals surface area contributed by atoms with Crippen LogP contribution in [-0.2, 0) is 11.3 Å². The third-order valence-corrected chi connectivity index (χ3v) is 2.66. The van der Waals surface area contributed by atoms with E-state index in [2.05, 4.69) is 5.43 Å². The molecule has 0 saturated heterocycles. The molecule has 5 nitrogen and oxygen atoms in total. The molecule has 0 unspecified atom stereocenters. The summed E-state index contributed by atoms with van der Waals surface area (Å²) in [5, 5.41) is 2.03. The molecule has 1 aromatic carbocycles. The standard InChI is InChI=1S/C12H17N3O2/c1-2-17-12(16)9-3-4-11-10(7-9)8-15(14-11)6-5-13/h3-4,7,14H,2,5-6,8,13H2,1H3. The Morgan fingerprint density at radius 1 is 1.59 bits per heavy atom. The minimum atomic E-state index is -0.271. The van der Waals surface area contributed by atoms with Gasteiger partial charge in [-0.1, -0.05) is 0 Å². The molecule has 0 fully saturated rings. The average molecular weight is 235 g/mol. The highest BCUT2D eigenvalue weighted by Crippen LogP contribution is 2.25. The first-order valence-electron chi connectivity index (χ1n) is 5.76. The number of nitrogens with one attached hydrogen (secondary N) is 1. The lowest BCUT2D eigenvalue weighted by Gasteiger charge is -2.13. The molecule has 0 spiro atoms. The number of rotatable bonds is 4. The predicted octanol–water partition coefficient (Wildman–Crippen LogP) is 0.964. The van der Waals surface area contributed by atoms with Gasteiger partial charge < -0.3 is 15.9 Å². The Hall–Kier alpha value is -1.59. The minimum Gasteiger partial charge on any atom is -0.462 e. The number of fused-ring (bicyclic) bond motifs is 1. The Labute approximate surface area is 101 Å². The summed E-state index contributed by atoms with van der Waals surface area (Å²) in [7, 11) is 0. The zero-order valence-electron chi connectivity index (χ0n) is 9.90. The summed E-state index contributed by atoms with van der Waals surface area (Å²) in [5.74, 6) is -0.271. The van der Waals surface area contributed by atoms with Crippen LogP contribution in [0.5, 0.6) is 0 Å². The van der Waals surface area contributed by atoms with Gasteiger partial charge in [0.25, 0.3) is 0 Å². The lowest BCUT2D eigenvalue weighted by atomic mass is 10.1. The summed E-state index contributed by atoms with van der Waals surface area (Å²) < 4.78 is 4.97. The topological polar surface area (TPSA) is 67.6 Å². The average Bonchev–Trinajstić information content (AvgIpc) is 2.71. The van der Waals surface area contributed by atoms with Gasteiger partial charge in [0.05, 0.1) is 17.9 Å². The van der Waals surface area contributed by atoms with Gasteiger partial charge in [0, 0.05) is 19.6 Å². The number of hydrogen-bond acceptors (Lipinski definition) is 5. The molecule has 1 heterocycles. The number of nitrogens with zero attached hydrogens (tertiary/aromatic N) is 1. The van der Waals surface area contributed by atoms with Crippen molar-refractivity contribution in [1.29, 1.82) is 0 Å². The monoisotopic (exact) mass is 235 g/mol. The molecule has 0 saturated carbocycles. The van der Waals surface area contributed by atoms with Crippen LogP contribution in [0.25, 0.3) is 0 Å². The predicted molar refractivity (Wildman–Crippen MR) is 65.5 cm³/mol. The van der Waals surface area contributed by atoms with Crippen molar-refractivity contribution < 1.29 is 9.53 Å². The summed E-state index contributed by atoms with van der Waals surface area (Å²) >= 11 is 0. The maximum Gasteiger partial charge on any atom is 0.338 e. The fraction of sp³-hybridized carbons (Fsp3) is 0.417. The van der Waals surface area contributed by atoms with E-state index in [4.69, 9.17) is 10.5 Å². The van der Waals surface area contributed by atoms with Crippen LogP contribution in [0.1, 0.15) is 22.8 Å². The third kappa shape index (κ3) is 2.57. The highest BCUT2D eigenvalue weighted by Gasteiger charge is 2.19. The Balaban J connectivity index is 2.12. The van der Waals surface area contributed by atoms with Gasteiger partial charge in [-0.05, 0) is 30.7 Å². The third-order valence-electron chi connectivity index (χ3n) is 2.66. The Morgan fingerprint density at radius 3 is 3.12 bits per heavy atom. The highest BCUT2D eigenvalue weighted by molar-refractivity contribution is 5.90. The van der Waals surface area contributed by atoms with Crippen molar-refractivity contribution in [2.24, 2.45) is 5.73 Å². The maximum atomic E-state index is 11.6. The maximum absolute atomic E-state index is 11.6. The van der Waals surface area contributed by atoms with Gasteiger partial charge in [-0.25, -0.2) is 9.80 Å². The molecule has 1 aromatic rings. The zero-order chi connectivity index (χ0) is 12.3. The molecule has 0 amide bonds. The van der Waals surface area contributed by atoms with Crippen LogP contribution in [-0.4, -0.2) is 30.7 Å². The molecule has 17 heavy (non-hydrogen) atoms. The van der Waals surface area contributed by atoms with Gasteiger partial charge in [-0.3, -0.25) is 0 Å². The lowest BCUT2D eigenvalue weighted by molar-refractivity contribution is 0.0526. The summed E-state index contributed by atoms with van der Waals surface area (Å²) in [6, 6.07) is 5.55. The molecule has 92 valence electrons. The molecular weight excluding hydrogens is 218 g/mol. The molecule has 2 rings (SSSR count). The molecular formula is C12H17N3O2. The molecule has 0 aliphatic carbocycles. The van der Waals surface area contributed by atoms with Crippen LogP contribution in [0.15, 0.2) is 18.2 Å². The number of carbonyl (C=O) groups excluding carboxylic acids is 1. The van der Waals surface area contributed by atoms with E-state index in [1.165, 1.54) is 0 Å². The molecule has 0 aromatic heterocycles. The number of anilines is 1. The van der Waals surface area contributed by atoms with Crippen molar-refractivity contribution >= 4 is 11.7 Å². The van der Waals surface area contributed by atoms with E-state index >= 15 is 0 Å². The molecule has 1 aliphatic rings. The van der Waals surface area contributed by atoms with E-state index in [0.717, 1.165) is 24.3 Å². The first-order valence-corrected chi connectivity index (χ1v) is 5.76. The molecule has 0 atom stereocenters. The summed E-state index contributed by atoms with van der Waals surface area (Å²) in [4.78, 5) is 11.6. The van der Waals surface area contributed by atoms with Crippen LogP contribution in [0.3, 0.4) is 0 Å². The molecule has 1 aliphatic heterocycles. The van der Waals surface area contributed by atoms with Crippen LogP contribution < -0.4 is 11.2 Å². The SMILES string of the molecule is CCOC(=O)c1ccc2c(c1)CN(CCN)N2. The Kier molecular flexibility index (Phi) is 3.61. The quantitative estimate of drug-likeness (QED) is 0.761. The van der Waals surface area contributed by atoms with Gasteiger partial charge in [0.15, 0.2) is 0 Å². The fourth-order valence-corrected chi connectivity index (χ4v) is 1.88. The smallest absolute Gasteiger partial charge is 0.338 e. The number of benzene rings is 1. The second kappa shape index (κ2) is 5.16. The largest absolute Gasteiger partial charge is 0.462 e.